The van der Waals surface area contributed by atoms with Gasteiger partial charge in [0.1, 0.15) is 5.75 Å². The van der Waals surface area contributed by atoms with Gasteiger partial charge in [-0.3, -0.25) is 4.79 Å². The maximum absolute atomic E-state index is 11.8. The molecule has 2 N–H and O–H groups in total. The van der Waals surface area contributed by atoms with Gasteiger partial charge in [0.2, 0.25) is 0 Å². The van der Waals surface area contributed by atoms with Crippen LogP contribution in [0.2, 0.25) is 0 Å². The average molecular weight is 285 g/mol. The summed E-state index contributed by atoms with van der Waals surface area (Å²) in [6, 6.07) is 17.1. The van der Waals surface area contributed by atoms with Gasteiger partial charge in [0, 0.05) is 13.2 Å². The highest BCUT2D eigenvalue weighted by molar-refractivity contribution is 5.77. The summed E-state index contributed by atoms with van der Waals surface area (Å²) in [4.78, 5) is 11.8. The van der Waals surface area contributed by atoms with E-state index >= 15 is 0 Å². The molecule has 0 fully saturated rings. The lowest BCUT2D eigenvalue weighted by atomic mass is 10.1. The molecule has 0 bridgehead atoms. The summed E-state index contributed by atoms with van der Waals surface area (Å²) in [6.45, 7) is 0.511. The molecule has 4 nitrogen and oxygen atoms in total. The Morgan fingerprint density at radius 2 is 1.76 bits per heavy atom. The Bertz CT molecular complexity index is 569. The Hall–Kier alpha value is -2.33. The van der Waals surface area contributed by atoms with Crippen LogP contribution in [-0.4, -0.2) is 24.2 Å². The van der Waals surface area contributed by atoms with Crippen LogP contribution in [0, 0.1) is 0 Å². The van der Waals surface area contributed by atoms with Crippen LogP contribution in [-0.2, 0) is 17.8 Å². The predicted octanol–water partition coefficient (Wildman–Crippen LogP) is 1.92. The zero-order chi connectivity index (χ0) is 14.9. The van der Waals surface area contributed by atoms with Crippen molar-refractivity contribution in [1.82, 2.24) is 5.32 Å². The van der Waals surface area contributed by atoms with Gasteiger partial charge in [-0.2, -0.15) is 0 Å². The molecule has 0 heterocycles. The van der Waals surface area contributed by atoms with Crippen LogP contribution in [0.25, 0.3) is 0 Å². The number of amides is 1. The molecule has 0 saturated carbocycles. The first kappa shape index (κ1) is 15.1. The van der Waals surface area contributed by atoms with Crippen molar-refractivity contribution in [3.63, 3.8) is 0 Å². The molecule has 0 radical (unpaired) electrons. The largest absolute Gasteiger partial charge is 0.483 e. The lowest BCUT2D eigenvalue weighted by Gasteiger charge is -2.11. The van der Waals surface area contributed by atoms with Crippen LogP contribution >= 0.6 is 0 Å². The van der Waals surface area contributed by atoms with Crippen LogP contribution < -0.4 is 10.1 Å². The van der Waals surface area contributed by atoms with Crippen LogP contribution in [0.15, 0.2) is 54.6 Å². The SMILES string of the molecule is O=C(COc1ccccc1CCO)NCc1ccccc1. The molecule has 0 saturated heterocycles. The molecule has 0 atom stereocenters. The molecular weight excluding hydrogens is 266 g/mol. The van der Waals surface area contributed by atoms with Gasteiger partial charge in [-0.15, -0.1) is 0 Å². The molecule has 110 valence electrons. The number of para-hydroxylation sites is 1. The third-order valence-electron chi connectivity index (χ3n) is 3.05. The Balaban J connectivity index is 1.81. The standard InChI is InChI=1S/C17H19NO3/c19-11-10-15-8-4-5-9-16(15)21-13-17(20)18-12-14-6-2-1-3-7-14/h1-9,19H,10-13H2,(H,18,20). The number of nitrogens with one attached hydrogen (secondary N) is 1. The van der Waals surface area contributed by atoms with Crippen molar-refractivity contribution in [3.05, 3.63) is 65.7 Å². The van der Waals surface area contributed by atoms with E-state index in [1.54, 1.807) is 6.07 Å². The van der Waals surface area contributed by atoms with E-state index in [0.29, 0.717) is 18.7 Å². The van der Waals surface area contributed by atoms with E-state index in [4.69, 9.17) is 9.84 Å². The van der Waals surface area contributed by atoms with Crippen molar-refractivity contribution in [2.45, 2.75) is 13.0 Å². The number of carbonyl (C=O) groups excluding carboxylic acids is 1. The Morgan fingerprint density at radius 1 is 1.05 bits per heavy atom. The van der Waals surface area contributed by atoms with Gasteiger partial charge in [0.05, 0.1) is 0 Å². The molecular formula is C17H19NO3. The molecule has 2 aromatic rings. The average Bonchev–Trinajstić information content (AvgIpc) is 2.53. The van der Waals surface area contributed by atoms with Crippen molar-refractivity contribution < 1.29 is 14.6 Å². The molecule has 0 spiro atoms. The second-order valence-electron chi connectivity index (χ2n) is 4.63. The number of carbonyl (C=O) groups is 1. The van der Waals surface area contributed by atoms with Crippen LogP contribution in [0.1, 0.15) is 11.1 Å². The van der Waals surface area contributed by atoms with E-state index in [1.165, 1.54) is 0 Å². The number of ether oxygens (including phenoxy) is 1. The second kappa shape index (κ2) is 8.07. The normalized spacial score (nSPS) is 10.1. The maximum atomic E-state index is 11.8. The molecule has 0 unspecified atom stereocenters. The van der Waals surface area contributed by atoms with E-state index in [2.05, 4.69) is 5.32 Å². The van der Waals surface area contributed by atoms with Gasteiger partial charge < -0.3 is 15.2 Å². The van der Waals surface area contributed by atoms with Crippen molar-refractivity contribution in [2.75, 3.05) is 13.2 Å². The Morgan fingerprint density at radius 3 is 2.52 bits per heavy atom. The highest BCUT2D eigenvalue weighted by Gasteiger charge is 2.06. The molecule has 0 aliphatic rings. The molecule has 0 aliphatic heterocycles. The Labute approximate surface area is 124 Å². The molecule has 0 aromatic heterocycles. The number of benzene rings is 2. The molecule has 2 aromatic carbocycles. The van der Waals surface area contributed by atoms with E-state index in [-0.39, 0.29) is 19.1 Å². The summed E-state index contributed by atoms with van der Waals surface area (Å²) in [7, 11) is 0. The first-order valence-corrected chi connectivity index (χ1v) is 6.92. The minimum atomic E-state index is -0.169. The quantitative estimate of drug-likeness (QED) is 0.817. The zero-order valence-corrected chi connectivity index (χ0v) is 11.8. The monoisotopic (exact) mass is 285 g/mol. The van der Waals surface area contributed by atoms with Gasteiger partial charge in [0.15, 0.2) is 6.61 Å². The van der Waals surface area contributed by atoms with Crippen LogP contribution in [0.3, 0.4) is 0 Å². The second-order valence-corrected chi connectivity index (χ2v) is 4.63. The minimum Gasteiger partial charge on any atom is -0.483 e. The summed E-state index contributed by atoms with van der Waals surface area (Å²) < 4.78 is 5.52. The van der Waals surface area contributed by atoms with Crippen molar-refractivity contribution >= 4 is 5.91 Å². The smallest absolute Gasteiger partial charge is 0.258 e. The highest BCUT2D eigenvalue weighted by atomic mass is 16.5. The summed E-state index contributed by atoms with van der Waals surface area (Å²) >= 11 is 0. The highest BCUT2D eigenvalue weighted by Crippen LogP contribution is 2.18. The summed E-state index contributed by atoms with van der Waals surface area (Å²) in [5, 5.41) is 11.8. The lowest BCUT2D eigenvalue weighted by molar-refractivity contribution is -0.123. The molecule has 2 rings (SSSR count). The van der Waals surface area contributed by atoms with Gasteiger partial charge in [-0.25, -0.2) is 0 Å². The van der Waals surface area contributed by atoms with Crippen molar-refractivity contribution in [3.8, 4) is 5.75 Å². The van der Waals surface area contributed by atoms with E-state index < -0.39 is 0 Å². The van der Waals surface area contributed by atoms with Gasteiger partial charge in [0.25, 0.3) is 5.91 Å². The number of hydrogen-bond acceptors (Lipinski definition) is 3. The fourth-order valence-corrected chi connectivity index (χ4v) is 1.96. The molecule has 21 heavy (non-hydrogen) atoms. The van der Waals surface area contributed by atoms with E-state index in [0.717, 1.165) is 11.1 Å². The fraction of sp³-hybridized carbons (Fsp3) is 0.235. The van der Waals surface area contributed by atoms with E-state index in [9.17, 15) is 4.79 Å². The van der Waals surface area contributed by atoms with Gasteiger partial charge >= 0.3 is 0 Å². The van der Waals surface area contributed by atoms with Gasteiger partial charge in [-0.1, -0.05) is 48.5 Å². The first-order valence-electron chi connectivity index (χ1n) is 6.92. The lowest BCUT2D eigenvalue weighted by Crippen LogP contribution is -2.28. The minimum absolute atomic E-state index is 0.0325. The van der Waals surface area contributed by atoms with E-state index in [1.807, 2.05) is 48.5 Å². The molecule has 4 heteroatoms. The van der Waals surface area contributed by atoms with Crippen molar-refractivity contribution in [1.29, 1.82) is 0 Å². The zero-order valence-electron chi connectivity index (χ0n) is 11.8. The Kier molecular flexibility index (Phi) is 5.79. The number of rotatable bonds is 7. The van der Waals surface area contributed by atoms with Crippen molar-refractivity contribution in [2.24, 2.45) is 0 Å². The molecule has 0 aliphatic carbocycles. The third-order valence-corrected chi connectivity index (χ3v) is 3.05. The summed E-state index contributed by atoms with van der Waals surface area (Å²) in [5.74, 6) is 0.471. The number of hydrogen-bond donors (Lipinski definition) is 2. The first-order chi connectivity index (χ1) is 10.3. The van der Waals surface area contributed by atoms with Crippen LogP contribution in [0.5, 0.6) is 5.75 Å². The van der Waals surface area contributed by atoms with Crippen LogP contribution in [0.4, 0.5) is 0 Å². The predicted molar refractivity (Wildman–Crippen MR) is 81.0 cm³/mol. The number of aliphatic hydroxyl groups excluding tert-OH is 1. The summed E-state index contributed by atoms with van der Waals surface area (Å²) in [5.41, 5.74) is 1.95. The topological polar surface area (TPSA) is 58.6 Å². The maximum Gasteiger partial charge on any atom is 0.258 e. The summed E-state index contributed by atoms with van der Waals surface area (Å²) in [6.07, 6.45) is 0.516. The third kappa shape index (κ3) is 4.93. The molecule has 1 amide bonds. The van der Waals surface area contributed by atoms with Gasteiger partial charge in [-0.05, 0) is 23.6 Å². The fourth-order valence-electron chi connectivity index (χ4n) is 1.96. The number of aliphatic hydroxyl groups is 1.